The molecule has 0 spiro atoms. The molecule has 1 heterocycles. The average Bonchev–Trinajstić information content (AvgIpc) is 2.43. The van der Waals surface area contributed by atoms with Crippen molar-refractivity contribution in [2.24, 2.45) is 0 Å². The molecule has 0 aliphatic carbocycles. The Morgan fingerprint density at radius 3 is 2.71 bits per heavy atom. The van der Waals surface area contributed by atoms with Crippen molar-refractivity contribution in [1.29, 1.82) is 0 Å². The van der Waals surface area contributed by atoms with Crippen LogP contribution < -0.4 is 11.1 Å². The third kappa shape index (κ3) is 2.76. The SMILES string of the molecule is Cc1cc(Nc2cc(F)ccc2Cl)c2cc(N)ccc2n1. The van der Waals surface area contributed by atoms with Gasteiger partial charge in [0, 0.05) is 22.5 Å². The molecule has 106 valence electrons. The zero-order valence-electron chi connectivity index (χ0n) is 11.3. The predicted molar refractivity (Wildman–Crippen MR) is 85.6 cm³/mol. The summed E-state index contributed by atoms with van der Waals surface area (Å²) in [6, 6.07) is 11.6. The van der Waals surface area contributed by atoms with Gasteiger partial charge in [0.15, 0.2) is 0 Å². The van der Waals surface area contributed by atoms with E-state index < -0.39 is 0 Å². The lowest BCUT2D eigenvalue weighted by Crippen LogP contribution is -1.97. The topological polar surface area (TPSA) is 50.9 Å². The predicted octanol–water partition coefficient (Wildman–Crippen LogP) is 4.66. The van der Waals surface area contributed by atoms with Crippen LogP contribution in [0.5, 0.6) is 0 Å². The van der Waals surface area contributed by atoms with Crippen LogP contribution in [0.2, 0.25) is 5.02 Å². The number of aromatic nitrogens is 1. The third-order valence-corrected chi connectivity index (χ3v) is 3.49. The van der Waals surface area contributed by atoms with E-state index >= 15 is 0 Å². The van der Waals surface area contributed by atoms with Crippen molar-refractivity contribution in [3.8, 4) is 0 Å². The first kappa shape index (κ1) is 13.6. The number of rotatable bonds is 2. The number of aryl methyl sites for hydroxylation is 1. The van der Waals surface area contributed by atoms with Crippen LogP contribution >= 0.6 is 11.6 Å². The second kappa shape index (κ2) is 5.22. The summed E-state index contributed by atoms with van der Waals surface area (Å²) in [7, 11) is 0. The summed E-state index contributed by atoms with van der Waals surface area (Å²) in [5, 5.41) is 4.47. The average molecular weight is 302 g/mol. The van der Waals surface area contributed by atoms with Gasteiger partial charge in [-0.05, 0) is 49.4 Å². The molecule has 0 atom stereocenters. The summed E-state index contributed by atoms with van der Waals surface area (Å²) in [4.78, 5) is 4.46. The van der Waals surface area contributed by atoms with E-state index in [-0.39, 0.29) is 5.82 Å². The molecule has 3 aromatic rings. The normalized spacial score (nSPS) is 10.8. The Labute approximate surface area is 126 Å². The zero-order chi connectivity index (χ0) is 15.0. The Bertz CT molecular complexity index is 833. The van der Waals surface area contributed by atoms with Gasteiger partial charge in [0.05, 0.1) is 16.2 Å². The number of anilines is 3. The highest BCUT2D eigenvalue weighted by Gasteiger charge is 2.08. The number of nitrogen functional groups attached to an aromatic ring is 1. The zero-order valence-corrected chi connectivity index (χ0v) is 12.1. The lowest BCUT2D eigenvalue weighted by Gasteiger charge is -2.12. The van der Waals surface area contributed by atoms with Crippen molar-refractivity contribution >= 4 is 39.6 Å². The van der Waals surface area contributed by atoms with Crippen molar-refractivity contribution in [2.75, 3.05) is 11.1 Å². The summed E-state index contributed by atoms with van der Waals surface area (Å²) in [5.41, 5.74) is 9.44. The number of nitrogens with one attached hydrogen (secondary N) is 1. The summed E-state index contributed by atoms with van der Waals surface area (Å²) >= 11 is 6.10. The summed E-state index contributed by atoms with van der Waals surface area (Å²) < 4.78 is 13.4. The van der Waals surface area contributed by atoms with Crippen LogP contribution in [-0.4, -0.2) is 4.98 Å². The van der Waals surface area contributed by atoms with Crippen molar-refractivity contribution in [3.05, 3.63) is 59.0 Å². The quantitative estimate of drug-likeness (QED) is 0.677. The number of hydrogen-bond donors (Lipinski definition) is 2. The number of fused-ring (bicyclic) bond motifs is 1. The van der Waals surface area contributed by atoms with Gasteiger partial charge in [0.25, 0.3) is 0 Å². The maximum atomic E-state index is 13.4. The Morgan fingerprint density at radius 1 is 1.10 bits per heavy atom. The number of pyridine rings is 1. The van der Waals surface area contributed by atoms with Gasteiger partial charge in [-0.1, -0.05) is 11.6 Å². The van der Waals surface area contributed by atoms with E-state index in [0.29, 0.717) is 16.4 Å². The molecule has 21 heavy (non-hydrogen) atoms. The van der Waals surface area contributed by atoms with Gasteiger partial charge in [-0.25, -0.2) is 4.39 Å². The molecule has 5 heteroatoms. The van der Waals surface area contributed by atoms with Crippen molar-refractivity contribution in [3.63, 3.8) is 0 Å². The third-order valence-electron chi connectivity index (χ3n) is 3.16. The van der Waals surface area contributed by atoms with Crippen molar-refractivity contribution in [1.82, 2.24) is 4.98 Å². The Balaban J connectivity index is 2.15. The maximum absolute atomic E-state index is 13.4. The molecule has 2 aromatic carbocycles. The molecular formula is C16H13ClFN3. The van der Waals surface area contributed by atoms with Gasteiger partial charge in [0.2, 0.25) is 0 Å². The van der Waals surface area contributed by atoms with Crippen LogP contribution in [0.1, 0.15) is 5.69 Å². The van der Waals surface area contributed by atoms with Gasteiger partial charge in [-0.3, -0.25) is 4.98 Å². The molecule has 0 saturated heterocycles. The summed E-state index contributed by atoms with van der Waals surface area (Å²) in [6.45, 7) is 1.90. The smallest absolute Gasteiger partial charge is 0.125 e. The van der Waals surface area contributed by atoms with E-state index in [9.17, 15) is 4.39 Å². The molecule has 0 radical (unpaired) electrons. The fourth-order valence-corrected chi connectivity index (χ4v) is 2.38. The lowest BCUT2D eigenvalue weighted by molar-refractivity contribution is 0.628. The first-order chi connectivity index (χ1) is 10.0. The van der Waals surface area contributed by atoms with E-state index in [4.69, 9.17) is 17.3 Å². The van der Waals surface area contributed by atoms with E-state index in [1.807, 2.05) is 25.1 Å². The second-order valence-corrected chi connectivity index (χ2v) is 5.24. The minimum absolute atomic E-state index is 0.350. The number of benzene rings is 2. The molecule has 3 nitrogen and oxygen atoms in total. The van der Waals surface area contributed by atoms with E-state index in [1.165, 1.54) is 18.2 Å². The highest BCUT2D eigenvalue weighted by atomic mass is 35.5. The molecule has 0 saturated carbocycles. The van der Waals surface area contributed by atoms with Crippen molar-refractivity contribution in [2.45, 2.75) is 6.92 Å². The Kier molecular flexibility index (Phi) is 3.39. The minimum atomic E-state index is -0.350. The molecule has 1 aromatic heterocycles. The Hall–Kier alpha value is -2.33. The number of halogens is 2. The molecule has 0 bridgehead atoms. The summed E-state index contributed by atoms with van der Waals surface area (Å²) in [6.07, 6.45) is 0. The fourth-order valence-electron chi connectivity index (χ4n) is 2.22. The molecule has 0 aliphatic rings. The van der Waals surface area contributed by atoms with Crippen LogP contribution in [0.25, 0.3) is 10.9 Å². The van der Waals surface area contributed by atoms with Gasteiger partial charge in [-0.15, -0.1) is 0 Å². The van der Waals surface area contributed by atoms with E-state index in [2.05, 4.69) is 10.3 Å². The highest BCUT2D eigenvalue weighted by Crippen LogP contribution is 2.31. The maximum Gasteiger partial charge on any atom is 0.125 e. The lowest BCUT2D eigenvalue weighted by atomic mass is 10.1. The van der Waals surface area contributed by atoms with Crippen LogP contribution in [0.3, 0.4) is 0 Å². The van der Waals surface area contributed by atoms with Crippen molar-refractivity contribution < 1.29 is 4.39 Å². The largest absolute Gasteiger partial charge is 0.399 e. The van der Waals surface area contributed by atoms with Crippen LogP contribution in [0.4, 0.5) is 21.5 Å². The van der Waals surface area contributed by atoms with Crippen LogP contribution in [0, 0.1) is 12.7 Å². The molecular weight excluding hydrogens is 289 g/mol. The molecule has 3 rings (SSSR count). The van der Waals surface area contributed by atoms with E-state index in [1.54, 1.807) is 6.07 Å². The number of hydrogen-bond acceptors (Lipinski definition) is 3. The fraction of sp³-hybridized carbons (Fsp3) is 0.0625. The van der Waals surface area contributed by atoms with Crippen LogP contribution in [-0.2, 0) is 0 Å². The van der Waals surface area contributed by atoms with Gasteiger partial charge >= 0.3 is 0 Å². The first-order valence-electron chi connectivity index (χ1n) is 6.42. The molecule has 0 fully saturated rings. The van der Waals surface area contributed by atoms with Gasteiger partial charge in [-0.2, -0.15) is 0 Å². The molecule has 0 amide bonds. The number of nitrogens with two attached hydrogens (primary N) is 1. The van der Waals surface area contributed by atoms with E-state index in [0.717, 1.165) is 22.3 Å². The molecule has 0 aliphatic heterocycles. The monoisotopic (exact) mass is 301 g/mol. The first-order valence-corrected chi connectivity index (χ1v) is 6.80. The van der Waals surface area contributed by atoms with Crippen LogP contribution in [0.15, 0.2) is 42.5 Å². The highest BCUT2D eigenvalue weighted by molar-refractivity contribution is 6.33. The second-order valence-electron chi connectivity index (χ2n) is 4.84. The standard InChI is InChI=1S/C16H13ClFN3/c1-9-6-15(12-8-11(19)3-5-14(12)20-9)21-16-7-10(18)2-4-13(16)17/h2-8H,19H2,1H3,(H,20,21). The number of nitrogens with zero attached hydrogens (tertiary/aromatic N) is 1. The minimum Gasteiger partial charge on any atom is -0.399 e. The molecule has 0 unspecified atom stereocenters. The summed E-state index contributed by atoms with van der Waals surface area (Å²) in [5.74, 6) is -0.350. The van der Waals surface area contributed by atoms with Gasteiger partial charge in [0.1, 0.15) is 5.82 Å². The molecule has 3 N–H and O–H groups in total. The van der Waals surface area contributed by atoms with Gasteiger partial charge < -0.3 is 11.1 Å². The Morgan fingerprint density at radius 2 is 1.90 bits per heavy atom.